The Kier molecular flexibility index (Phi) is 3.34. The van der Waals surface area contributed by atoms with E-state index < -0.39 is 5.41 Å². The molecular weight excluding hydrogens is 398 g/mol. The molecule has 21 heavy (non-hydrogen) atoms. The summed E-state index contributed by atoms with van der Waals surface area (Å²) in [6, 6.07) is 9.68. The van der Waals surface area contributed by atoms with Crippen molar-refractivity contribution in [2.45, 2.75) is 23.0 Å². The molecule has 0 aromatic heterocycles. The number of hydrogen-bond donors (Lipinski definition) is 0. The van der Waals surface area contributed by atoms with Gasteiger partial charge >= 0.3 is 5.97 Å². The molecule has 0 saturated carbocycles. The topological polar surface area (TPSA) is 50.1 Å². The summed E-state index contributed by atoms with van der Waals surface area (Å²) in [6.07, 6.45) is 0. The molecule has 1 aliphatic rings. The van der Waals surface area contributed by atoms with E-state index in [1.54, 1.807) is 6.07 Å². The van der Waals surface area contributed by atoms with Gasteiger partial charge in [0.1, 0.15) is 5.75 Å². The summed E-state index contributed by atoms with van der Waals surface area (Å²) < 4.78 is 5.24. The van der Waals surface area contributed by atoms with Gasteiger partial charge in [-0.3, -0.25) is 4.79 Å². The smallest absolute Gasteiger partial charge is 0.321 e. The zero-order chi connectivity index (χ0) is 15.4. The van der Waals surface area contributed by atoms with E-state index in [0.29, 0.717) is 11.3 Å². The van der Waals surface area contributed by atoms with Gasteiger partial charge in [0.25, 0.3) is 0 Å². The van der Waals surface area contributed by atoms with Crippen LogP contribution in [0.2, 0.25) is 0 Å². The van der Waals surface area contributed by atoms with Crippen LogP contribution in [-0.2, 0) is 10.2 Å². The molecule has 0 aliphatic carbocycles. The first-order valence-corrected chi connectivity index (χ1v) is 8.21. The minimum Gasteiger partial charge on any atom is -0.426 e. The molecule has 106 valence electrons. The fourth-order valence-corrected chi connectivity index (χ4v) is 3.46. The molecule has 0 radical (unpaired) electrons. The summed E-state index contributed by atoms with van der Waals surface area (Å²) >= 11 is 6.90. The van der Waals surface area contributed by atoms with E-state index in [1.165, 1.54) is 0 Å². The Balaban J connectivity index is 2.41. The van der Waals surface area contributed by atoms with Crippen molar-refractivity contribution < 1.29 is 9.53 Å². The minimum atomic E-state index is -0.686. The molecule has 0 fully saturated rings. The fraction of sp³-hybridized carbons (Fsp3) is 0.250. The molecule has 0 atom stereocenters. The first-order valence-electron chi connectivity index (χ1n) is 6.38. The maximum Gasteiger partial charge on any atom is 0.321 e. The van der Waals surface area contributed by atoms with Crippen LogP contribution in [0, 0.1) is 11.3 Å². The monoisotopic (exact) mass is 407 g/mol. The standard InChI is InChI=1S/C16H11Br2NO2/c1-16(2)13-10-6-11(14(17)18)9(7-19)5-8(10)3-4-12(13)21-15(16)20/h3-6,14H,1-2H3. The lowest BCUT2D eigenvalue weighted by Gasteiger charge is -2.17. The van der Waals surface area contributed by atoms with Gasteiger partial charge in [-0.15, -0.1) is 0 Å². The highest BCUT2D eigenvalue weighted by atomic mass is 79.9. The molecule has 0 unspecified atom stereocenters. The molecule has 0 bridgehead atoms. The van der Waals surface area contributed by atoms with Gasteiger partial charge in [-0.1, -0.05) is 37.9 Å². The minimum absolute atomic E-state index is 0.124. The lowest BCUT2D eigenvalue weighted by atomic mass is 9.82. The van der Waals surface area contributed by atoms with Gasteiger partial charge in [0.2, 0.25) is 0 Å². The van der Waals surface area contributed by atoms with Gasteiger partial charge in [-0.05, 0) is 48.4 Å². The van der Waals surface area contributed by atoms with Crippen LogP contribution in [0.1, 0.15) is 34.3 Å². The highest BCUT2D eigenvalue weighted by Crippen LogP contribution is 2.45. The number of nitriles is 1. The molecule has 2 aromatic carbocycles. The van der Waals surface area contributed by atoms with E-state index in [-0.39, 0.29) is 9.71 Å². The van der Waals surface area contributed by atoms with Crippen molar-refractivity contribution in [3.8, 4) is 11.8 Å². The number of fused-ring (bicyclic) bond motifs is 3. The second kappa shape index (κ2) is 4.82. The third-order valence-electron chi connectivity index (χ3n) is 3.85. The van der Waals surface area contributed by atoms with Gasteiger partial charge < -0.3 is 4.74 Å². The van der Waals surface area contributed by atoms with Gasteiger partial charge in [0.15, 0.2) is 0 Å². The Labute approximate surface area is 139 Å². The predicted octanol–water partition coefficient (Wildman–Crippen LogP) is 4.70. The van der Waals surface area contributed by atoms with Crippen LogP contribution >= 0.6 is 31.9 Å². The average molecular weight is 409 g/mol. The van der Waals surface area contributed by atoms with Crippen LogP contribution < -0.4 is 4.74 Å². The summed E-state index contributed by atoms with van der Waals surface area (Å²) in [5, 5.41) is 11.2. The number of esters is 1. The quantitative estimate of drug-likeness (QED) is 0.390. The summed E-state index contributed by atoms with van der Waals surface area (Å²) in [7, 11) is 0. The molecule has 0 saturated heterocycles. The maximum absolute atomic E-state index is 12.0. The van der Waals surface area contributed by atoms with Crippen LogP contribution in [0.4, 0.5) is 0 Å². The molecule has 2 aromatic rings. The maximum atomic E-state index is 12.0. The summed E-state index contributed by atoms with van der Waals surface area (Å²) in [6.45, 7) is 3.72. The largest absolute Gasteiger partial charge is 0.426 e. The SMILES string of the molecule is CC1(C)C(=O)Oc2ccc3cc(C#N)c(C(Br)Br)cc3c21. The number of carbonyl (C=O) groups is 1. The van der Waals surface area contributed by atoms with E-state index in [4.69, 9.17) is 4.74 Å². The molecule has 1 heterocycles. The Bertz CT molecular complexity index is 819. The molecule has 0 amide bonds. The number of nitrogens with zero attached hydrogens (tertiary/aromatic N) is 1. The van der Waals surface area contributed by atoms with Gasteiger partial charge in [0.05, 0.1) is 20.8 Å². The highest BCUT2D eigenvalue weighted by molar-refractivity contribution is 9.24. The fourth-order valence-electron chi connectivity index (χ4n) is 2.71. The number of rotatable bonds is 1. The zero-order valence-corrected chi connectivity index (χ0v) is 14.6. The van der Waals surface area contributed by atoms with E-state index in [9.17, 15) is 10.1 Å². The van der Waals surface area contributed by atoms with E-state index in [1.807, 2.05) is 32.0 Å². The molecule has 3 rings (SSSR count). The van der Waals surface area contributed by atoms with Crippen molar-refractivity contribution in [2.75, 3.05) is 0 Å². The van der Waals surface area contributed by atoms with Crippen molar-refractivity contribution in [1.29, 1.82) is 5.26 Å². The van der Waals surface area contributed by atoms with Gasteiger partial charge in [-0.25, -0.2) is 0 Å². The third kappa shape index (κ3) is 2.09. The summed E-state index contributed by atoms with van der Waals surface area (Å²) in [4.78, 5) is 12.0. The van der Waals surface area contributed by atoms with Crippen molar-refractivity contribution in [3.63, 3.8) is 0 Å². The Morgan fingerprint density at radius 3 is 2.62 bits per heavy atom. The number of benzene rings is 2. The van der Waals surface area contributed by atoms with Crippen LogP contribution in [0.25, 0.3) is 10.8 Å². The second-order valence-electron chi connectivity index (χ2n) is 5.53. The van der Waals surface area contributed by atoms with Crippen molar-refractivity contribution in [2.24, 2.45) is 0 Å². The number of ether oxygens (including phenoxy) is 1. The van der Waals surface area contributed by atoms with Gasteiger partial charge in [-0.2, -0.15) is 5.26 Å². The van der Waals surface area contributed by atoms with Crippen molar-refractivity contribution in [1.82, 2.24) is 0 Å². The van der Waals surface area contributed by atoms with E-state index >= 15 is 0 Å². The average Bonchev–Trinajstić information content (AvgIpc) is 2.67. The Hall–Kier alpha value is -1.38. The first kappa shape index (κ1) is 14.6. The van der Waals surface area contributed by atoms with Crippen LogP contribution in [0.15, 0.2) is 24.3 Å². The summed E-state index contributed by atoms with van der Waals surface area (Å²) in [5.74, 6) is 0.360. The van der Waals surface area contributed by atoms with Crippen LogP contribution in [0.5, 0.6) is 5.75 Å². The van der Waals surface area contributed by atoms with Crippen LogP contribution in [0.3, 0.4) is 0 Å². The van der Waals surface area contributed by atoms with Crippen molar-refractivity contribution in [3.05, 3.63) is 41.0 Å². The Morgan fingerprint density at radius 1 is 1.29 bits per heavy atom. The number of hydrogen-bond acceptors (Lipinski definition) is 3. The van der Waals surface area contributed by atoms with Crippen molar-refractivity contribution >= 4 is 48.6 Å². The second-order valence-corrected chi connectivity index (χ2v) is 8.59. The number of alkyl halides is 2. The molecule has 0 spiro atoms. The number of halogens is 2. The Morgan fingerprint density at radius 2 is 2.00 bits per heavy atom. The van der Waals surface area contributed by atoms with Gasteiger partial charge in [0, 0.05) is 5.56 Å². The molecule has 0 N–H and O–H groups in total. The highest BCUT2D eigenvalue weighted by Gasteiger charge is 2.42. The molecule has 3 nitrogen and oxygen atoms in total. The molecule has 1 aliphatic heterocycles. The lowest BCUT2D eigenvalue weighted by Crippen LogP contribution is -2.26. The normalized spacial score (nSPS) is 15.9. The predicted molar refractivity (Wildman–Crippen MR) is 87.9 cm³/mol. The summed E-state index contributed by atoms with van der Waals surface area (Å²) in [5.41, 5.74) is 1.64. The van der Waals surface area contributed by atoms with E-state index in [2.05, 4.69) is 37.9 Å². The lowest BCUT2D eigenvalue weighted by molar-refractivity contribution is -0.137. The molecular formula is C16H11Br2NO2. The first-order chi connectivity index (χ1) is 9.86. The van der Waals surface area contributed by atoms with Crippen LogP contribution in [-0.4, -0.2) is 5.97 Å². The number of carbonyl (C=O) groups excluding carboxylic acids is 1. The third-order valence-corrected chi connectivity index (χ3v) is 4.83. The van der Waals surface area contributed by atoms with E-state index in [0.717, 1.165) is 21.9 Å². The molecule has 5 heteroatoms. The zero-order valence-electron chi connectivity index (χ0n) is 11.4.